The van der Waals surface area contributed by atoms with E-state index in [4.69, 9.17) is 4.74 Å². The van der Waals surface area contributed by atoms with Gasteiger partial charge in [-0.05, 0) is 69.9 Å². The fourth-order valence-electron chi connectivity index (χ4n) is 2.87. The van der Waals surface area contributed by atoms with Gasteiger partial charge in [-0.3, -0.25) is 0 Å². The monoisotopic (exact) mass is 281 g/mol. The van der Waals surface area contributed by atoms with Crippen LogP contribution >= 0.6 is 11.3 Å². The highest BCUT2D eigenvalue weighted by Crippen LogP contribution is 2.19. The predicted octanol–water partition coefficient (Wildman–Crippen LogP) is 4.01. The third kappa shape index (κ3) is 5.64. The van der Waals surface area contributed by atoms with Gasteiger partial charge in [0.15, 0.2) is 0 Å². The Morgan fingerprint density at radius 3 is 3.00 bits per heavy atom. The number of hydrogen-bond donors (Lipinski definition) is 1. The minimum atomic E-state index is 0.559. The molecule has 3 heteroatoms. The quantitative estimate of drug-likeness (QED) is 0.738. The normalized spacial score (nSPS) is 20.8. The van der Waals surface area contributed by atoms with Gasteiger partial charge in [0, 0.05) is 17.5 Å². The molecule has 2 heterocycles. The molecule has 0 saturated carbocycles. The zero-order valence-electron chi connectivity index (χ0n) is 12.1. The summed E-state index contributed by atoms with van der Waals surface area (Å²) in [5.74, 6) is 0. The van der Waals surface area contributed by atoms with E-state index < -0.39 is 0 Å². The highest BCUT2D eigenvalue weighted by Gasteiger charge is 2.15. The summed E-state index contributed by atoms with van der Waals surface area (Å²) in [5.41, 5.74) is 0. The SMILES string of the molecule is CNC(CCCc1cccs1)CCCC1CCCO1. The van der Waals surface area contributed by atoms with Crippen molar-refractivity contribution in [3.05, 3.63) is 22.4 Å². The Morgan fingerprint density at radius 2 is 2.32 bits per heavy atom. The number of rotatable bonds is 9. The molecule has 1 aromatic rings. The molecule has 0 aromatic carbocycles. The summed E-state index contributed by atoms with van der Waals surface area (Å²) in [7, 11) is 2.10. The maximum Gasteiger partial charge on any atom is 0.0576 e. The van der Waals surface area contributed by atoms with Crippen molar-refractivity contribution in [3.8, 4) is 0 Å². The molecule has 1 N–H and O–H groups in total. The molecule has 2 nitrogen and oxygen atoms in total. The van der Waals surface area contributed by atoms with E-state index >= 15 is 0 Å². The van der Waals surface area contributed by atoms with Crippen LogP contribution in [0.15, 0.2) is 17.5 Å². The van der Waals surface area contributed by atoms with E-state index in [2.05, 4.69) is 29.9 Å². The third-order valence-electron chi connectivity index (χ3n) is 4.07. The highest BCUT2D eigenvalue weighted by atomic mass is 32.1. The largest absolute Gasteiger partial charge is 0.378 e. The molecule has 1 saturated heterocycles. The molecule has 0 amide bonds. The first-order valence-corrected chi connectivity index (χ1v) is 8.57. The number of thiophene rings is 1. The van der Waals surface area contributed by atoms with Crippen LogP contribution in [0.2, 0.25) is 0 Å². The predicted molar refractivity (Wildman–Crippen MR) is 82.9 cm³/mol. The lowest BCUT2D eigenvalue weighted by atomic mass is 10.0. The summed E-state index contributed by atoms with van der Waals surface area (Å²) in [4.78, 5) is 1.52. The number of aryl methyl sites for hydroxylation is 1. The lowest BCUT2D eigenvalue weighted by Crippen LogP contribution is -2.25. The fraction of sp³-hybridized carbons (Fsp3) is 0.750. The van der Waals surface area contributed by atoms with Crippen molar-refractivity contribution in [2.24, 2.45) is 0 Å². The maximum absolute atomic E-state index is 5.68. The van der Waals surface area contributed by atoms with E-state index in [1.165, 1.54) is 56.2 Å². The van der Waals surface area contributed by atoms with Gasteiger partial charge in [0.25, 0.3) is 0 Å². The summed E-state index contributed by atoms with van der Waals surface area (Å²) in [6.45, 7) is 0.987. The van der Waals surface area contributed by atoms with E-state index in [-0.39, 0.29) is 0 Å². The Bertz CT molecular complexity index is 319. The second-order valence-electron chi connectivity index (χ2n) is 5.52. The second kappa shape index (κ2) is 8.72. The van der Waals surface area contributed by atoms with Crippen LogP contribution in [0.3, 0.4) is 0 Å². The standard InChI is InChI=1S/C16H27NOS/c1-17-14(6-2-8-15-9-4-12-18-15)7-3-10-16-11-5-13-19-16/h5,11,13-15,17H,2-4,6-10,12H2,1H3. The molecule has 2 rings (SSSR count). The van der Waals surface area contributed by atoms with Crippen LogP contribution < -0.4 is 5.32 Å². The Kier molecular flexibility index (Phi) is 6.90. The molecule has 0 aliphatic carbocycles. The first-order valence-electron chi connectivity index (χ1n) is 7.69. The molecule has 2 atom stereocenters. The molecular formula is C16H27NOS. The minimum Gasteiger partial charge on any atom is -0.378 e. The van der Waals surface area contributed by atoms with E-state index in [0.717, 1.165) is 6.61 Å². The van der Waals surface area contributed by atoms with Crippen molar-refractivity contribution < 1.29 is 4.74 Å². The second-order valence-corrected chi connectivity index (χ2v) is 6.56. The molecule has 0 spiro atoms. The van der Waals surface area contributed by atoms with Gasteiger partial charge in [-0.25, -0.2) is 0 Å². The average molecular weight is 281 g/mol. The van der Waals surface area contributed by atoms with Gasteiger partial charge >= 0.3 is 0 Å². The van der Waals surface area contributed by atoms with E-state index in [1.54, 1.807) is 0 Å². The Labute approximate surface area is 121 Å². The van der Waals surface area contributed by atoms with Gasteiger partial charge in [-0.1, -0.05) is 6.07 Å². The number of ether oxygens (including phenoxy) is 1. The Morgan fingerprint density at radius 1 is 1.42 bits per heavy atom. The Hall–Kier alpha value is -0.380. The van der Waals surface area contributed by atoms with Crippen LogP contribution in [0.4, 0.5) is 0 Å². The molecule has 0 radical (unpaired) electrons. The van der Waals surface area contributed by atoms with Gasteiger partial charge in [-0.15, -0.1) is 11.3 Å². The van der Waals surface area contributed by atoms with Crippen LogP contribution in [-0.4, -0.2) is 25.8 Å². The first-order chi connectivity index (χ1) is 9.38. The smallest absolute Gasteiger partial charge is 0.0576 e. The van der Waals surface area contributed by atoms with Crippen molar-refractivity contribution in [1.29, 1.82) is 0 Å². The molecule has 1 aliphatic rings. The minimum absolute atomic E-state index is 0.559. The van der Waals surface area contributed by atoms with Crippen molar-refractivity contribution in [3.63, 3.8) is 0 Å². The first kappa shape index (κ1) is 15.0. The molecular weight excluding hydrogens is 254 g/mol. The molecule has 19 heavy (non-hydrogen) atoms. The van der Waals surface area contributed by atoms with Gasteiger partial charge < -0.3 is 10.1 Å². The van der Waals surface area contributed by atoms with E-state index in [9.17, 15) is 0 Å². The molecule has 1 fully saturated rings. The molecule has 2 unspecified atom stereocenters. The fourth-order valence-corrected chi connectivity index (χ4v) is 3.63. The maximum atomic E-state index is 5.68. The summed E-state index contributed by atoms with van der Waals surface area (Å²) in [5, 5.41) is 5.64. The molecule has 108 valence electrons. The summed E-state index contributed by atoms with van der Waals surface area (Å²) < 4.78 is 5.68. The van der Waals surface area contributed by atoms with Crippen LogP contribution in [0.1, 0.15) is 49.8 Å². The van der Waals surface area contributed by atoms with Crippen LogP contribution in [0, 0.1) is 0 Å². The van der Waals surface area contributed by atoms with Crippen LogP contribution in [0.25, 0.3) is 0 Å². The molecule has 1 aliphatic heterocycles. The van der Waals surface area contributed by atoms with Crippen molar-refractivity contribution in [1.82, 2.24) is 5.32 Å². The van der Waals surface area contributed by atoms with Crippen molar-refractivity contribution in [2.75, 3.05) is 13.7 Å². The van der Waals surface area contributed by atoms with E-state index in [0.29, 0.717) is 12.1 Å². The molecule has 0 bridgehead atoms. The third-order valence-corrected chi connectivity index (χ3v) is 5.00. The van der Waals surface area contributed by atoms with Gasteiger partial charge in [0.1, 0.15) is 0 Å². The lowest BCUT2D eigenvalue weighted by Gasteiger charge is -2.17. The molecule has 1 aromatic heterocycles. The van der Waals surface area contributed by atoms with E-state index in [1.807, 2.05) is 11.3 Å². The number of nitrogens with one attached hydrogen (secondary N) is 1. The topological polar surface area (TPSA) is 21.3 Å². The van der Waals surface area contributed by atoms with Crippen LogP contribution in [0.5, 0.6) is 0 Å². The van der Waals surface area contributed by atoms with Crippen LogP contribution in [-0.2, 0) is 11.2 Å². The average Bonchev–Trinajstić information content (AvgIpc) is 3.10. The Balaban J connectivity index is 1.54. The van der Waals surface area contributed by atoms with Gasteiger partial charge in [0.05, 0.1) is 6.10 Å². The lowest BCUT2D eigenvalue weighted by molar-refractivity contribution is 0.101. The zero-order chi connectivity index (χ0) is 13.3. The highest BCUT2D eigenvalue weighted by molar-refractivity contribution is 7.09. The summed E-state index contributed by atoms with van der Waals surface area (Å²) >= 11 is 1.88. The zero-order valence-corrected chi connectivity index (χ0v) is 12.9. The summed E-state index contributed by atoms with van der Waals surface area (Å²) in [6, 6.07) is 5.08. The van der Waals surface area contributed by atoms with Crippen molar-refractivity contribution >= 4 is 11.3 Å². The van der Waals surface area contributed by atoms with Gasteiger partial charge in [-0.2, -0.15) is 0 Å². The van der Waals surface area contributed by atoms with Crippen molar-refractivity contribution in [2.45, 2.75) is 63.5 Å². The summed E-state index contributed by atoms with van der Waals surface area (Å²) in [6.07, 6.45) is 10.8. The number of hydrogen-bond acceptors (Lipinski definition) is 3. The van der Waals surface area contributed by atoms with Gasteiger partial charge in [0.2, 0.25) is 0 Å².